The second kappa shape index (κ2) is 5.34. The maximum absolute atomic E-state index is 10.7. The largest absolute Gasteiger partial charge is 0.453 e. The predicted molar refractivity (Wildman–Crippen MR) is 90.6 cm³/mol. The van der Waals surface area contributed by atoms with E-state index in [1.165, 1.54) is 12.1 Å². The Balaban J connectivity index is 1.69. The van der Waals surface area contributed by atoms with Crippen molar-refractivity contribution in [2.24, 2.45) is 0 Å². The minimum Gasteiger partial charge on any atom is -0.453 e. The molecule has 0 spiro atoms. The lowest BCUT2D eigenvalue weighted by Gasteiger charge is -1.96. The Labute approximate surface area is 136 Å². The number of hydrogen-bond acceptors (Lipinski definition) is 4. The summed E-state index contributed by atoms with van der Waals surface area (Å²) in [6, 6.07) is 15.9. The molecule has 0 unspecified atom stereocenters. The van der Waals surface area contributed by atoms with Crippen molar-refractivity contribution in [3.8, 4) is 22.9 Å². The molecule has 0 amide bonds. The lowest BCUT2D eigenvalue weighted by molar-refractivity contribution is -0.384. The summed E-state index contributed by atoms with van der Waals surface area (Å²) < 4.78 is 5.85. The number of aryl methyl sites for hydroxylation is 1. The Hall–Kier alpha value is -3.41. The van der Waals surface area contributed by atoms with Crippen LogP contribution in [0.1, 0.15) is 5.56 Å². The van der Waals surface area contributed by atoms with Crippen molar-refractivity contribution in [1.82, 2.24) is 9.97 Å². The van der Waals surface area contributed by atoms with E-state index in [-0.39, 0.29) is 5.69 Å². The van der Waals surface area contributed by atoms with Crippen LogP contribution in [0.4, 0.5) is 5.69 Å². The summed E-state index contributed by atoms with van der Waals surface area (Å²) in [6.45, 7) is 2.03. The van der Waals surface area contributed by atoms with Crippen molar-refractivity contribution >= 4 is 16.7 Å². The smallest absolute Gasteiger partial charge is 0.269 e. The van der Waals surface area contributed by atoms with Crippen LogP contribution in [0.15, 0.2) is 59.0 Å². The molecule has 4 aromatic rings. The van der Waals surface area contributed by atoms with Crippen LogP contribution in [0.25, 0.3) is 33.9 Å². The SMILES string of the molecule is Cc1ccc2nc(-c3ccc(-c4ccc([N+](=O)[O-])cc4)o3)[nH]c2c1. The van der Waals surface area contributed by atoms with Crippen LogP contribution in [-0.4, -0.2) is 14.9 Å². The van der Waals surface area contributed by atoms with Crippen molar-refractivity contribution in [2.75, 3.05) is 0 Å². The van der Waals surface area contributed by atoms with E-state index in [4.69, 9.17) is 4.42 Å². The molecule has 1 N–H and O–H groups in total. The highest BCUT2D eigenvalue weighted by molar-refractivity contribution is 5.79. The number of nitro benzene ring substituents is 1. The first-order valence-electron chi connectivity index (χ1n) is 7.41. The van der Waals surface area contributed by atoms with Gasteiger partial charge >= 0.3 is 0 Å². The average molecular weight is 319 g/mol. The van der Waals surface area contributed by atoms with Gasteiger partial charge in [-0.1, -0.05) is 6.07 Å². The van der Waals surface area contributed by atoms with Gasteiger partial charge in [0.25, 0.3) is 5.69 Å². The van der Waals surface area contributed by atoms with E-state index < -0.39 is 4.92 Å². The molecule has 0 fully saturated rings. The summed E-state index contributed by atoms with van der Waals surface area (Å²) in [5.74, 6) is 1.91. The number of imidazole rings is 1. The molecule has 2 heterocycles. The molecule has 2 aromatic carbocycles. The average Bonchev–Trinajstić information content (AvgIpc) is 3.21. The number of furan rings is 1. The predicted octanol–water partition coefficient (Wildman–Crippen LogP) is 4.71. The standard InChI is InChI=1S/C18H13N3O3/c1-11-2-7-14-15(10-11)20-18(19-14)17-9-8-16(24-17)12-3-5-13(6-4-12)21(22)23/h2-10H,1H3,(H,19,20). The first-order chi connectivity index (χ1) is 11.6. The molecule has 6 nitrogen and oxygen atoms in total. The van der Waals surface area contributed by atoms with Crippen LogP contribution in [0.2, 0.25) is 0 Å². The van der Waals surface area contributed by atoms with Gasteiger partial charge in [0.05, 0.1) is 16.0 Å². The third-order valence-electron chi connectivity index (χ3n) is 3.84. The maximum Gasteiger partial charge on any atom is 0.269 e. The molecule has 0 aliphatic carbocycles. The molecule has 118 valence electrons. The number of aromatic amines is 1. The van der Waals surface area contributed by atoms with E-state index in [0.717, 1.165) is 22.2 Å². The normalized spacial score (nSPS) is 11.0. The van der Waals surface area contributed by atoms with Gasteiger partial charge in [-0.25, -0.2) is 4.98 Å². The summed E-state index contributed by atoms with van der Waals surface area (Å²) in [5, 5.41) is 10.7. The molecule has 0 saturated carbocycles. The maximum atomic E-state index is 10.7. The third kappa shape index (κ3) is 2.44. The van der Waals surface area contributed by atoms with Crippen molar-refractivity contribution in [2.45, 2.75) is 6.92 Å². The van der Waals surface area contributed by atoms with Crippen LogP contribution < -0.4 is 0 Å². The summed E-state index contributed by atoms with van der Waals surface area (Å²) in [5.41, 5.74) is 3.82. The van der Waals surface area contributed by atoms with Gasteiger partial charge < -0.3 is 9.40 Å². The second-order valence-electron chi connectivity index (χ2n) is 5.57. The molecule has 2 aromatic heterocycles. The Morgan fingerprint density at radius 3 is 2.54 bits per heavy atom. The fourth-order valence-electron chi connectivity index (χ4n) is 2.61. The number of nitro groups is 1. The number of H-pyrrole nitrogens is 1. The van der Waals surface area contributed by atoms with Gasteiger partial charge in [-0.3, -0.25) is 10.1 Å². The molecule has 24 heavy (non-hydrogen) atoms. The summed E-state index contributed by atoms with van der Waals surface area (Å²) in [6.07, 6.45) is 0. The van der Waals surface area contributed by atoms with Gasteiger partial charge in [-0.2, -0.15) is 0 Å². The zero-order valence-corrected chi connectivity index (χ0v) is 12.8. The minimum absolute atomic E-state index is 0.0539. The van der Waals surface area contributed by atoms with E-state index in [2.05, 4.69) is 9.97 Å². The highest BCUT2D eigenvalue weighted by Crippen LogP contribution is 2.29. The number of nitrogens with zero attached hydrogens (tertiary/aromatic N) is 2. The van der Waals surface area contributed by atoms with Gasteiger partial charge in [0, 0.05) is 17.7 Å². The molecule has 0 aliphatic heterocycles. The van der Waals surface area contributed by atoms with Crippen LogP contribution in [-0.2, 0) is 0 Å². The minimum atomic E-state index is -0.423. The third-order valence-corrected chi connectivity index (χ3v) is 3.84. The van der Waals surface area contributed by atoms with Crippen molar-refractivity contribution in [3.05, 3.63) is 70.3 Å². The lowest BCUT2D eigenvalue weighted by Crippen LogP contribution is -1.86. The summed E-state index contributed by atoms with van der Waals surface area (Å²) in [7, 11) is 0. The van der Waals surface area contributed by atoms with Crippen molar-refractivity contribution < 1.29 is 9.34 Å². The van der Waals surface area contributed by atoms with Gasteiger partial charge in [0.1, 0.15) is 5.76 Å². The first kappa shape index (κ1) is 14.2. The van der Waals surface area contributed by atoms with E-state index in [1.54, 1.807) is 12.1 Å². The molecule has 4 rings (SSSR count). The molecule has 6 heteroatoms. The number of hydrogen-bond donors (Lipinski definition) is 1. The van der Waals surface area contributed by atoms with E-state index in [9.17, 15) is 10.1 Å². The lowest BCUT2D eigenvalue weighted by atomic mass is 10.1. The topological polar surface area (TPSA) is 85.0 Å². The summed E-state index contributed by atoms with van der Waals surface area (Å²) in [4.78, 5) is 18.1. The summed E-state index contributed by atoms with van der Waals surface area (Å²) >= 11 is 0. The van der Waals surface area contributed by atoms with Crippen LogP contribution >= 0.6 is 0 Å². The quantitative estimate of drug-likeness (QED) is 0.438. The van der Waals surface area contributed by atoms with Gasteiger partial charge in [-0.05, 0) is 48.9 Å². The Morgan fingerprint density at radius 2 is 1.79 bits per heavy atom. The van der Waals surface area contributed by atoms with Gasteiger partial charge in [0.2, 0.25) is 0 Å². The molecular formula is C18H13N3O3. The van der Waals surface area contributed by atoms with Crippen molar-refractivity contribution in [3.63, 3.8) is 0 Å². The van der Waals surface area contributed by atoms with E-state index in [1.807, 2.05) is 37.3 Å². The Kier molecular flexibility index (Phi) is 3.16. The number of non-ortho nitro benzene ring substituents is 1. The number of rotatable bonds is 3. The second-order valence-corrected chi connectivity index (χ2v) is 5.57. The number of fused-ring (bicyclic) bond motifs is 1. The number of benzene rings is 2. The van der Waals surface area contributed by atoms with E-state index in [0.29, 0.717) is 17.3 Å². The molecule has 0 bridgehead atoms. The van der Waals surface area contributed by atoms with Crippen LogP contribution in [0.5, 0.6) is 0 Å². The van der Waals surface area contributed by atoms with Crippen LogP contribution in [0.3, 0.4) is 0 Å². The molecule has 0 atom stereocenters. The zero-order valence-electron chi connectivity index (χ0n) is 12.8. The monoisotopic (exact) mass is 319 g/mol. The Bertz CT molecular complexity index is 1050. The highest BCUT2D eigenvalue weighted by Gasteiger charge is 2.12. The van der Waals surface area contributed by atoms with Gasteiger partial charge in [0.15, 0.2) is 11.6 Å². The first-order valence-corrected chi connectivity index (χ1v) is 7.41. The zero-order chi connectivity index (χ0) is 16.7. The van der Waals surface area contributed by atoms with Crippen molar-refractivity contribution in [1.29, 1.82) is 0 Å². The molecule has 0 saturated heterocycles. The molecular weight excluding hydrogens is 306 g/mol. The van der Waals surface area contributed by atoms with Crippen LogP contribution in [0, 0.1) is 17.0 Å². The highest BCUT2D eigenvalue weighted by atomic mass is 16.6. The Morgan fingerprint density at radius 1 is 1.04 bits per heavy atom. The fraction of sp³-hybridized carbons (Fsp3) is 0.0556. The fourth-order valence-corrected chi connectivity index (χ4v) is 2.61. The van der Waals surface area contributed by atoms with Gasteiger partial charge in [-0.15, -0.1) is 0 Å². The number of nitrogens with one attached hydrogen (secondary N) is 1. The molecule has 0 radical (unpaired) electrons. The number of aromatic nitrogens is 2. The van der Waals surface area contributed by atoms with E-state index >= 15 is 0 Å². The molecule has 0 aliphatic rings.